The average Bonchev–Trinajstić information content (AvgIpc) is 2.39. The summed E-state index contributed by atoms with van der Waals surface area (Å²) in [6, 6.07) is 12.2. The molecule has 0 bridgehead atoms. The van der Waals surface area contributed by atoms with Crippen LogP contribution in [-0.2, 0) is 6.54 Å². The number of rotatable bonds is 4. The summed E-state index contributed by atoms with van der Waals surface area (Å²) in [5.74, 6) is 0.116. The lowest BCUT2D eigenvalue weighted by atomic mass is 9.93. The number of aryl methyl sites for hydroxylation is 3. The molecule has 2 heteroatoms. The third-order valence-corrected chi connectivity index (χ3v) is 3.67. The van der Waals surface area contributed by atoms with Crippen LogP contribution in [0.1, 0.15) is 38.2 Å². The summed E-state index contributed by atoms with van der Waals surface area (Å²) in [5, 5.41) is 0. The van der Waals surface area contributed by atoms with Gasteiger partial charge in [0.2, 0.25) is 0 Å². The molecule has 0 unspecified atom stereocenters. The van der Waals surface area contributed by atoms with Gasteiger partial charge in [-0.25, -0.2) is 0 Å². The van der Waals surface area contributed by atoms with E-state index in [2.05, 4.69) is 17.0 Å². The molecule has 0 fully saturated rings. The van der Waals surface area contributed by atoms with Gasteiger partial charge in [-0.15, -0.1) is 0 Å². The van der Waals surface area contributed by atoms with Crippen molar-refractivity contribution in [2.45, 2.75) is 27.3 Å². The van der Waals surface area contributed by atoms with Crippen molar-refractivity contribution in [1.82, 2.24) is 4.90 Å². The Labute approximate surface area is 127 Å². The maximum absolute atomic E-state index is 12.8. The van der Waals surface area contributed by atoms with E-state index in [9.17, 15) is 4.79 Å². The summed E-state index contributed by atoms with van der Waals surface area (Å²) in [5.41, 5.74) is 6.02. The van der Waals surface area contributed by atoms with Crippen molar-refractivity contribution < 1.29 is 4.79 Å². The quantitative estimate of drug-likeness (QED) is 0.792. The zero-order valence-corrected chi connectivity index (χ0v) is 13.5. The highest BCUT2D eigenvalue weighted by atomic mass is 16.1. The van der Waals surface area contributed by atoms with Crippen molar-refractivity contribution in [2.24, 2.45) is 0 Å². The van der Waals surface area contributed by atoms with Gasteiger partial charge in [-0.3, -0.25) is 4.79 Å². The molecule has 0 spiro atoms. The van der Waals surface area contributed by atoms with Crippen molar-refractivity contribution in [1.29, 1.82) is 0 Å². The molecule has 21 heavy (non-hydrogen) atoms. The Morgan fingerprint density at radius 2 is 1.62 bits per heavy atom. The summed E-state index contributed by atoms with van der Waals surface area (Å²) in [4.78, 5) is 14.9. The van der Waals surface area contributed by atoms with Gasteiger partial charge in [-0.2, -0.15) is 0 Å². The Kier molecular flexibility index (Phi) is 4.59. The smallest absolute Gasteiger partial charge is 0.193 e. The molecule has 0 heterocycles. The fourth-order valence-electron chi connectivity index (χ4n) is 2.59. The Morgan fingerprint density at radius 3 is 2.24 bits per heavy atom. The molecule has 0 aliphatic carbocycles. The minimum atomic E-state index is 0.116. The Morgan fingerprint density at radius 1 is 0.905 bits per heavy atom. The van der Waals surface area contributed by atoms with Crippen LogP contribution in [0.4, 0.5) is 0 Å². The zero-order valence-electron chi connectivity index (χ0n) is 13.5. The molecule has 0 atom stereocenters. The number of hydrogen-bond donors (Lipinski definition) is 0. The lowest BCUT2D eigenvalue weighted by Crippen LogP contribution is -2.12. The molecule has 2 rings (SSSR count). The van der Waals surface area contributed by atoms with E-state index in [1.165, 1.54) is 11.1 Å². The topological polar surface area (TPSA) is 20.3 Å². The van der Waals surface area contributed by atoms with Gasteiger partial charge in [0.05, 0.1) is 0 Å². The van der Waals surface area contributed by atoms with Crippen LogP contribution in [0.15, 0.2) is 36.4 Å². The maximum atomic E-state index is 12.8. The largest absolute Gasteiger partial charge is 0.305 e. The number of carbonyl (C=O) groups is 1. The Balaban J connectivity index is 2.42. The van der Waals surface area contributed by atoms with Crippen LogP contribution in [0.2, 0.25) is 0 Å². The first kappa shape index (κ1) is 15.5. The minimum absolute atomic E-state index is 0.116. The van der Waals surface area contributed by atoms with Gasteiger partial charge in [-0.1, -0.05) is 35.9 Å². The Hall–Kier alpha value is -1.93. The maximum Gasteiger partial charge on any atom is 0.193 e. The van der Waals surface area contributed by atoms with E-state index in [1.807, 2.05) is 59.1 Å². The summed E-state index contributed by atoms with van der Waals surface area (Å²) in [6.45, 7) is 6.88. The first-order valence-electron chi connectivity index (χ1n) is 7.24. The standard InChI is InChI=1S/C19H23NO/c1-13-6-9-17(15(3)10-13)19(21)18-11-16(12-20(4)5)8-7-14(18)2/h6-11H,12H2,1-5H3. The molecule has 2 nitrogen and oxygen atoms in total. The normalized spacial score (nSPS) is 11.0. The van der Waals surface area contributed by atoms with E-state index >= 15 is 0 Å². The minimum Gasteiger partial charge on any atom is -0.305 e. The molecule has 0 radical (unpaired) electrons. The lowest BCUT2D eigenvalue weighted by molar-refractivity contribution is 0.103. The van der Waals surface area contributed by atoms with E-state index < -0.39 is 0 Å². The number of nitrogens with zero attached hydrogens (tertiary/aromatic N) is 1. The summed E-state index contributed by atoms with van der Waals surface area (Å²) in [7, 11) is 4.07. The highest BCUT2D eigenvalue weighted by Crippen LogP contribution is 2.20. The van der Waals surface area contributed by atoms with E-state index in [0.717, 1.165) is 28.8 Å². The molecule has 0 aromatic heterocycles. The van der Waals surface area contributed by atoms with Gasteiger partial charge in [0.1, 0.15) is 0 Å². The highest BCUT2D eigenvalue weighted by molar-refractivity contribution is 6.10. The molecule has 0 N–H and O–H groups in total. The number of hydrogen-bond acceptors (Lipinski definition) is 2. The zero-order chi connectivity index (χ0) is 15.6. The summed E-state index contributed by atoms with van der Waals surface area (Å²) >= 11 is 0. The van der Waals surface area contributed by atoms with Gasteiger partial charge in [0.15, 0.2) is 5.78 Å². The fraction of sp³-hybridized carbons (Fsp3) is 0.316. The van der Waals surface area contributed by atoms with E-state index in [1.54, 1.807) is 0 Å². The van der Waals surface area contributed by atoms with Crippen LogP contribution in [0.5, 0.6) is 0 Å². The summed E-state index contributed by atoms with van der Waals surface area (Å²) < 4.78 is 0. The number of benzene rings is 2. The third-order valence-electron chi connectivity index (χ3n) is 3.67. The van der Waals surface area contributed by atoms with Gasteiger partial charge < -0.3 is 4.90 Å². The number of carbonyl (C=O) groups excluding carboxylic acids is 1. The first-order valence-corrected chi connectivity index (χ1v) is 7.24. The molecule has 2 aromatic rings. The second-order valence-electron chi connectivity index (χ2n) is 6.03. The highest BCUT2D eigenvalue weighted by Gasteiger charge is 2.14. The molecular formula is C19H23NO. The molecule has 0 saturated heterocycles. The van der Waals surface area contributed by atoms with Gasteiger partial charge in [0.25, 0.3) is 0 Å². The van der Waals surface area contributed by atoms with Crippen LogP contribution in [0, 0.1) is 20.8 Å². The van der Waals surface area contributed by atoms with Crippen LogP contribution < -0.4 is 0 Å². The van der Waals surface area contributed by atoms with Crippen molar-refractivity contribution in [2.75, 3.05) is 14.1 Å². The van der Waals surface area contributed by atoms with Crippen LogP contribution >= 0.6 is 0 Å². The molecule has 0 saturated carbocycles. The predicted octanol–water partition coefficient (Wildman–Crippen LogP) is 3.90. The van der Waals surface area contributed by atoms with Gasteiger partial charge in [-0.05, 0) is 57.6 Å². The van der Waals surface area contributed by atoms with Crippen LogP contribution in [0.25, 0.3) is 0 Å². The molecule has 110 valence electrons. The monoisotopic (exact) mass is 281 g/mol. The third kappa shape index (κ3) is 3.59. The second-order valence-corrected chi connectivity index (χ2v) is 6.03. The fourth-order valence-corrected chi connectivity index (χ4v) is 2.59. The summed E-state index contributed by atoms with van der Waals surface area (Å²) in [6.07, 6.45) is 0. The second kappa shape index (κ2) is 6.23. The van der Waals surface area contributed by atoms with Crippen molar-refractivity contribution in [3.63, 3.8) is 0 Å². The molecular weight excluding hydrogens is 258 g/mol. The average molecular weight is 281 g/mol. The number of ketones is 1. The van der Waals surface area contributed by atoms with Gasteiger partial charge >= 0.3 is 0 Å². The molecule has 0 amide bonds. The first-order chi connectivity index (χ1) is 9.88. The van der Waals surface area contributed by atoms with Crippen molar-refractivity contribution in [3.05, 3.63) is 69.8 Å². The predicted molar refractivity (Wildman–Crippen MR) is 87.9 cm³/mol. The van der Waals surface area contributed by atoms with Gasteiger partial charge in [0, 0.05) is 17.7 Å². The van der Waals surface area contributed by atoms with Crippen LogP contribution in [-0.4, -0.2) is 24.8 Å². The molecule has 0 aliphatic rings. The lowest BCUT2D eigenvalue weighted by Gasteiger charge is -2.13. The van der Waals surface area contributed by atoms with Crippen molar-refractivity contribution >= 4 is 5.78 Å². The Bertz CT molecular complexity index is 671. The SMILES string of the molecule is Cc1ccc(C(=O)c2cc(CN(C)C)ccc2C)c(C)c1. The molecule has 2 aromatic carbocycles. The van der Waals surface area contributed by atoms with Crippen molar-refractivity contribution in [3.8, 4) is 0 Å². The molecule has 0 aliphatic heterocycles. The van der Waals surface area contributed by atoms with Crippen LogP contribution in [0.3, 0.4) is 0 Å². The van der Waals surface area contributed by atoms with E-state index in [0.29, 0.717) is 0 Å². The van der Waals surface area contributed by atoms with E-state index in [-0.39, 0.29) is 5.78 Å². The van der Waals surface area contributed by atoms with E-state index in [4.69, 9.17) is 0 Å².